The number of aryl methyl sites for hydroxylation is 1. The van der Waals surface area contributed by atoms with Crippen LogP contribution in [0.25, 0.3) is 16.9 Å². The first-order valence-electron chi connectivity index (χ1n) is 12.8. The van der Waals surface area contributed by atoms with Crippen LogP contribution < -0.4 is 10.2 Å². The number of carbonyl (C=O) groups excluding carboxylic acids is 1. The highest BCUT2D eigenvalue weighted by atomic mass is 79.9. The van der Waals surface area contributed by atoms with E-state index in [0.29, 0.717) is 15.8 Å². The summed E-state index contributed by atoms with van der Waals surface area (Å²) in [7, 11) is 0. The van der Waals surface area contributed by atoms with Gasteiger partial charge in [-0.15, -0.1) is 0 Å². The fourth-order valence-electron chi connectivity index (χ4n) is 4.38. The molecule has 0 aliphatic carbocycles. The molecule has 2 N–H and O–H groups in total. The van der Waals surface area contributed by atoms with Crippen LogP contribution in [-0.2, 0) is 6.61 Å². The van der Waals surface area contributed by atoms with E-state index in [0.717, 1.165) is 33.8 Å². The van der Waals surface area contributed by atoms with Crippen LogP contribution in [0.2, 0.25) is 0 Å². The quantitative estimate of drug-likeness (QED) is 0.136. The van der Waals surface area contributed by atoms with E-state index >= 15 is 0 Å². The van der Waals surface area contributed by atoms with Crippen molar-refractivity contribution in [1.29, 1.82) is 0 Å². The molecule has 41 heavy (non-hydrogen) atoms. The zero-order chi connectivity index (χ0) is 28.8. The molecule has 0 aliphatic rings. The molecule has 0 saturated heterocycles. The molecule has 1 amide bonds. The van der Waals surface area contributed by atoms with Gasteiger partial charge in [0.1, 0.15) is 12.4 Å². The Hall–Kier alpha value is -4.95. The van der Waals surface area contributed by atoms with E-state index in [1.807, 2.05) is 42.5 Å². The van der Waals surface area contributed by atoms with Gasteiger partial charge in [0.05, 0.1) is 21.9 Å². The van der Waals surface area contributed by atoms with Gasteiger partial charge >= 0.3 is 5.97 Å². The summed E-state index contributed by atoms with van der Waals surface area (Å²) in [5.74, 6) is -0.700. The van der Waals surface area contributed by atoms with Crippen LogP contribution in [0, 0.1) is 6.92 Å². The van der Waals surface area contributed by atoms with Gasteiger partial charge in [-0.05, 0) is 106 Å². The molecule has 0 radical (unpaired) electrons. The number of carboxylic acid groups (broad SMARTS) is 1. The highest BCUT2D eigenvalue weighted by Crippen LogP contribution is 2.27. The number of ether oxygens (including phenoxy) is 1. The summed E-state index contributed by atoms with van der Waals surface area (Å²) in [6, 6.07) is 33.8. The normalized spacial score (nSPS) is 11.0. The van der Waals surface area contributed by atoms with Crippen molar-refractivity contribution >= 4 is 34.0 Å². The fraction of sp³-hybridized carbons (Fsp3) is 0.0606. The number of hydrogen-bond acceptors (Lipinski definition) is 4. The Kier molecular flexibility index (Phi) is 8.41. The second kappa shape index (κ2) is 12.5. The molecule has 1 heterocycles. The summed E-state index contributed by atoms with van der Waals surface area (Å²) in [4.78, 5) is 23.9. The van der Waals surface area contributed by atoms with E-state index in [9.17, 15) is 9.59 Å². The summed E-state index contributed by atoms with van der Waals surface area (Å²) in [5.41, 5.74) is 9.05. The van der Waals surface area contributed by atoms with E-state index in [4.69, 9.17) is 9.84 Å². The molecule has 5 aromatic rings. The number of nitrogens with zero attached hydrogens (tertiary/aromatic N) is 2. The lowest BCUT2D eigenvalue weighted by Crippen LogP contribution is -2.17. The smallest absolute Gasteiger partial charge is 0.335 e. The number of amides is 1. The van der Waals surface area contributed by atoms with Crippen molar-refractivity contribution in [2.75, 3.05) is 0 Å². The number of hydrazone groups is 1. The topological polar surface area (TPSA) is 92.9 Å². The Bertz CT molecular complexity index is 1730. The molecule has 7 nitrogen and oxygen atoms in total. The van der Waals surface area contributed by atoms with Crippen molar-refractivity contribution in [3.05, 3.63) is 142 Å². The van der Waals surface area contributed by atoms with E-state index in [-0.39, 0.29) is 18.1 Å². The molecule has 0 unspecified atom stereocenters. The van der Waals surface area contributed by atoms with Gasteiger partial charge in [-0.25, -0.2) is 10.2 Å². The molecular weight excluding hydrogens is 582 g/mol. The van der Waals surface area contributed by atoms with Crippen molar-refractivity contribution in [3.8, 4) is 22.7 Å². The Morgan fingerprint density at radius 3 is 2.41 bits per heavy atom. The second-order valence-electron chi connectivity index (χ2n) is 9.29. The lowest BCUT2D eigenvalue weighted by molar-refractivity contribution is 0.0696. The van der Waals surface area contributed by atoms with Crippen LogP contribution in [0.1, 0.15) is 37.5 Å². The van der Waals surface area contributed by atoms with E-state index in [2.05, 4.69) is 62.2 Å². The van der Waals surface area contributed by atoms with Crippen molar-refractivity contribution < 1.29 is 19.4 Å². The van der Waals surface area contributed by atoms with Crippen LogP contribution >= 0.6 is 15.9 Å². The number of carboxylic acids is 1. The first kappa shape index (κ1) is 27.6. The van der Waals surface area contributed by atoms with Gasteiger partial charge in [-0.2, -0.15) is 5.10 Å². The summed E-state index contributed by atoms with van der Waals surface area (Å²) in [6.45, 7) is 2.28. The number of benzene rings is 4. The molecule has 0 spiro atoms. The fourth-order valence-corrected chi connectivity index (χ4v) is 4.89. The molecule has 0 atom stereocenters. The maximum atomic E-state index is 12.7. The lowest BCUT2D eigenvalue weighted by atomic mass is 10.1. The van der Waals surface area contributed by atoms with E-state index in [1.165, 1.54) is 6.07 Å². The largest absolute Gasteiger partial charge is 0.488 e. The van der Waals surface area contributed by atoms with E-state index < -0.39 is 5.97 Å². The highest BCUT2D eigenvalue weighted by molar-refractivity contribution is 9.10. The molecule has 8 heteroatoms. The average Bonchev–Trinajstić information content (AvgIpc) is 3.38. The average molecular weight is 608 g/mol. The van der Waals surface area contributed by atoms with Gasteiger partial charge in [0, 0.05) is 16.9 Å². The van der Waals surface area contributed by atoms with Crippen LogP contribution in [0.4, 0.5) is 0 Å². The van der Waals surface area contributed by atoms with Gasteiger partial charge in [0.25, 0.3) is 5.91 Å². The van der Waals surface area contributed by atoms with Gasteiger partial charge in [-0.3, -0.25) is 4.79 Å². The number of aromatic nitrogens is 1. The molecule has 1 aromatic heterocycles. The number of carbonyl (C=O) groups is 2. The third-order valence-electron chi connectivity index (χ3n) is 6.44. The summed E-state index contributed by atoms with van der Waals surface area (Å²) in [6.07, 6.45) is 1.55. The van der Waals surface area contributed by atoms with Crippen LogP contribution in [0.15, 0.2) is 119 Å². The summed E-state index contributed by atoms with van der Waals surface area (Å²) < 4.78 is 8.70. The lowest BCUT2D eigenvalue weighted by Gasteiger charge is -2.12. The molecule has 5 rings (SSSR count). The predicted molar refractivity (Wildman–Crippen MR) is 163 cm³/mol. The Morgan fingerprint density at radius 2 is 1.68 bits per heavy atom. The van der Waals surface area contributed by atoms with Gasteiger partial charge in [-0.1, -0.05) is 42.5 Å². The molecule has 0 bridgehead atoms. The van der Waals surface area contributed by atoms with Crippen LogP contribution in [-0.4, -0.2) is 27.8 Å². The van der Waals surface area contributed by atoms with Gasteiger partial charge < -0.3 is 14.4 Å². The van der Waals surface area contributed by atoms with Crippen LogP contribution in [0.3, 0.4) is 0 Å². The summed E-state index contributed by atoms with van der Waals surface area (Å²) in [5, 5.41) is 13.3. The minimum atomic E-state index is -0.981. The first-order valence-corrected chi connectivity index (χ1v) is 13.6. The van der Waals surface area contributed by atoms with Crippen LogP contribution in [0.5, 0.6) is 5.75 Å². The molecule has 0 aliphatic heterocycles. The number of rotatable bonds is 9. The maximum Gasteiger partial charge on any atom is 0.335 e. The Labute approximate surface area is 245 Å². The third kappa shape index (κ3) is 6.62. The zero-order valence-corrected chi connectivity index (χ0v) is 23.7. The number of nitrogens with one attached hydrogen (secondary N) is 1. The van der Waals surface area contributed by atoms with Gasteiger partial charge in [0.2, 0.25) is 0 Å². The molecule has 0 fully saturated rings. The Morgan fingerprint density at radius 1 is 0.902 bits per heavy atom. The minimum Gasteiger partial charge on any atom is -0.488 e. The monoisotopic (exact) mass is 607 g/mol. The Balaban J connectivity index is 1.20. The van der Waals surface area contributed by atoms with Gasteiger partial charge in [0.15, 0.2) is 0 Å². The van der Waals surface area contributed by atoms with Crippen molar-refractivity contribution in [1.82, 2.24) is 9.99 Å². The van der Waals surface area contributed by atoms with Crippen molar-refractivity contribution in [3.63, 3.8) is 0 Å². The standard InChI is InChI=1S/C33H26BrN3O4/c1-22-10-16-30(25-7-3-2-4-8-25)37(22)28-14-12-26(13-15-28)32(38)36-35-20-23-11-17-31(29(34)19-23)41-21-24-6-5-9-27(18-24)33(39)40/h2-20H,21H2,1H3,(H,36,38)(H,39,40)/b35-20+. The summed E-state index contributed by atoms with van der Waals surface area (Å²) >= 11 is 3.49. The molecule has 4 aromatic carbocycles. The predicted octanol–water partition coefficient (Wildman–Crippen LogP) is 7.26. The SMILES string of the molecule is Cc1ccc(-c2ccccc2)n1-c1ccc(C(=O)N/N=C/c2ccc(OCc3cccc(C(=O)O)c3)c(Br)c2)cc1. The maximum absolute atomic E-state index is 12.7. The first-order chi connectivity index (χ1) is 19.9. The number of hydrogen-bond donors (Lipinski definition) is 2. The van der Waals surface area contributed by atoms with E-state index in [1.54, 1.807) is 42.6 Å². The number of aromatic carboxylic acids is 1. The van der Waals surface area contributed by atoms with Crippen molar-refractivity contribution in [2.45, 2.75) is 13.5 Å². The zero-order valence-electron chi connectivity index (χ0n) is 22.1. The minimum absolute atomic E-state index is 0.211. The second-order valence-corrected chi connectivity index (χ2v) is 10.1. The molecular formula is C33H26BrN3O4. The van der Waals surface area contributed by atoms with Crippen molar-refractivity contribution in [2.24, 2.45) is 5.10 Å². The molecule has 204 valence electrons. The number of halogens is 1. The third-order valence-corrected chi connectivity index (χ3v) is 7.06. The highest BCUT2D eigenvalue weighted by Gasteiger charge is 2.11. The molecule has 0 saturated carbocycles.